The Balaban J connectivity index is 2.28. The maximum atomic E-state index is 13.2. The van der Waals surface area contributed by atoms with Gasteiger partial charge in [-0.2, -0.15) is 0 Å². The van der Waals surface area contributed by atoms with Crippen LogP contribution in [0.3, 0.4) is 0 Å². The number of amides is 5. The molecule has 4 atom stereocenters. The normalized spacial score (nSPS) is 27.6. The summed E-state index contributed by atoms with van der Waals surface area (Å²) >= 11 is 0. The lowest BCUT2D eigenvalue weighted by Gasteiger charge is -2.29. The van der Waals surface area contributed by atoms with Crippen molar-refractivity contribution in [2.75, 3.05) is 19.6 Å². The zero-order valence-electron chi connectivity index (χ0n) is 18.6. The maximum Gasteiger partial charge on any atom is 0.245 e. The predicted molar refractivity (Wildman–Crippen MR) is 110 cm³/mol. The van der Waals surface area contributed by atoms with E-state index in [-0.39, 0.29) is 31.7 Å². The Morgan fingerprint density at radius 1 is 1.03 bits per heavy atom. The molecule has 2 aliphatic rings. The largest absolute Gasteiger partial charge is 0.550 e. The first-order chi connectivity index (χ1) is 15.5. The molecule has 33 heavy (non-hydrogen) atoms. The second-order valence-electron chi connectivity index (χ2n) is 8.61. The van der Waals surface area contributed by atoms with Gasteiger partial charge in [0, 0.05) is 18.9 Å². The molecule has 0 spiro atoms. The number of rotatable bonds is 5. The summed E-state index contributed by atoms with van der Waals surface area (Å²) in [4.78, 5) is 74.9. The van der Waals surface area contributed by atoms with Crippen molar-refractivity contribution in [3.05, 3.63) is 0 Å². The molecule has 2 aliphatic heterocycles. The van der Waals surface area contributed by atoms with Crippen LogP contribution in [-0.4, -0.2) is 89.4 Å². The average molecular weight is 468 g/mol. The Hall–Kier alpha value is -3.22. The number of hydrogen-bond donors (Lipinski definition) is 5. The molecule has 0 saturated carbocycles. The van der Waals surface area contributed by atoms with E-state index in [4.69, 9.17) is 0 Å². The molecule has 2 fully saturated rings. The van der Waals surface area contributed by atoms with Crippen LogP contribution in [-0.2, 0) is 28.8 Å². The molecule has 0 unspecified atom stereocenters. The van der Waals surface area contributed by atoms with Gasteiger partial charge in [0.25, 0.3) is 0 Å². The number of nitrogens with one attached hydrogen (secondary N) is 4. The number of aliphatic hydroxyl groups is 1. The monoisotopic (exact) mass is 468 g/mol. The van der Waals surface area contributed by atoms with Crippen LogP contribution in [0.2, 0.25) is 0 Å². The van der Waals surface area contributed by atoms with Crippen LogP contribution >= 0.6 is 0 Å². The van der Waals surface area contributed by atoms with Crippen LogP contribution in [0.4, 0.5) is 0 Å². The first-order valence-electron chi connectivity index (χ1n) is 10.8. The SMILES string of the molecule is CC(C)C[C@@H]1NC(=O)CNC(=O)[C@H](CCC(=O)[O-])NC(=O)CNC(=O)[C@@H]2C[C@@H](O)CN2C1=O. The van der Waals surface area contributed by atoms with Gasteiger partial charge in [-0.1, -0.05) is 13.8 Å². The second kappa shape index (κ2) is 11.6. The molecule has 5 N–H and O–H groups in total. The second-order valence-corrected chi connectivity index (χ2v) is 8.61. The number of nitrogens with zero attached hydrogens (tertiary/aromatic N) is 1. The molecule has 2 saturated heterocycles. The van der Waals surface area contributed by atoms with Crippen molar-refractivity contribution in [3.8, 4) is 0 Å². The number of carboxylic acids is 1. The third-order valence-electron chi connectivity index (χ3n) is 5.34. The lowest BCUT2D eigenvalue weighted by Crippen LogP contribution is -2.55. The summed E-state index contributed by atoms with van der Waals surface area (Å²) in [5, 5.41) is 30.4. The van der Waals surface area contributed by atoms with Gasteiger partial charge in [0.15, 0.2) is 0 Å². The highest BCUT2D eigenvalue weighted by atomic mass is 16.4. The summed E-state index contributed by atoms with van der Waals surface area (Å²) in [6.07, 6.45) is -1.52. The van der Waals surface area contributed by atoms with Gasteiger partial charge in [-0.3, -0.25) is 24.0 Å². The lowest BCUT2D eigenvalue weighted by molar-refractivity contribution is -0.305. The van der Waals surface area contributed by atoms with E-state index in [1.54, 1.807) is 0 Å². The minimum Gasteiger partial charge on any atom is -0.550 e. The van der Waals surface area contributed by atoms with E-state index < -0.39 is 79.2 Å². The fraction of sp³-hybridized carbons (Fsp3) is 0.700. The fourth-order valence-electron chi connectivity index (χ4n) is 3.80. The summed E-state index contributed by atoms with van der Waals surface area (Å²) in [6, 6.07) is -3.30. The van der Waals surface area contributed by atoms with Crippen molar-refractivity contribution in [2.24, 2.45) is 5.92 Å². The minimum atomic E-state index is -1.42. The van der Waals surface area contributed by atoms with Gasteiger partial charge in [-0.05, 0) is 25.2 Å². The predicted octanol–water partition coefficient (Wildman–Crippen LogP) is -4.26. The smallest absolute Gasteiger partial charge is 0.245 e. The number of hydrogen-bond acceptors (Lipinski definition) is 8. The number of carbonyl (C=O) groups is 6. The van der Waals surface area contributed by atoms with Crippen molar-refractivity contribution in [1.29, 1.82) is 0 Å². The molecule has 13 nitrogen and oxygen atoms in total. The van der Waals surface area contributed by atoms with E-state index in [2.05, 4.69) is 21.3 Å². The Kier molecular flexibility index (Phi) is 9.14. The summed E-state index contributed by atoms with van der Waals surface area (Å²) in [7, 11) is 0. The minimum absolute atomic E-state index is 0.00607. The fourth-order valence-corrected chi connectivity index (χ4v) is 3.80. The van der Waals surface area contributed by atoms with Gasteiger partial charge >= 0.3 is 0 Å². The zero-order valence-corrected chi connectivity index (χ0v) is 18.6. The quantitative estimate of drug-likeness (QED) is 0.267. The molecule has 0 aromatic heterocycles. The number of aliphatic carboxylic acids is 1. The van der Waals surface area contributed by atoms with Crippen molar-refractivity contribution in [1.82, 2.24) is 26.2 Å². The Morgan fingerprint density at radius 2 is 1.61 bits per heavy atom. The zero-order chi connectivity index (χ0) is 24.7. The molecule has 0 radical (unpaired) electrons. The third kappa shape index (κ3) is 7.70. The molecule has 5 amide bonds. The molecule has 0 bridgehead atoms. The Bertz CT molecular complexity index is 801. The average Bonchev–Trinajstić information content (AvgIpc) is 3.12. The molecule has 0 aliphatic carbocycles. The van der Waals surface area contributed by atoms with Gasteiger partial charge in [0.05, 0.1) is 19.2 Å². The molecule has 0 aromatic rings. The summed E-state index contributed by atoms with van der Waals surface area (Å²) in [6.45, 7) is 2.55. The third-order valence-corrected chi connectivity index (χ3v) is 5.34. The topological polar surface area (TPSA) is 197 Å². The van der Waals surface area contributed by atoms with Crippen LogP contribution in [0.25, 0.3) is 0 Å². The maximum absolute atomic E-state index is 13.2. The van der Waals surface area contributed by atoms with Crippen molar-refractivity contribution >= 4 is 35.5 Å². The Labute approximate surface area is 190 Å². The first-order valence-corrected chi connectivity index (χ1v) is 10.8. The highest BCUT2D eigenvalue weighted by Gasteiger charge is 2.41. The van der Waals surface area contributed by atoms with Crippen LogP contribution in [0.1, 0.15) is 39.5 Å². The van der Waals surface area contributed by atoms with E-state index >= 15 is 0 Å². The molecule has 2 heterocycles. The first kappa shape index (κ1) is 26.0. The van der Waals surface area contributed by atoms with Gasteiger partial charge in [-0.15, -0.1) is 0 Å². The van der Waals surface area contributed by atoms with Crippen molar-refractivity contribution in [2.45, 2.75) is 63.8 Å². The molecule has 0 aromatic carbocycles. The number of fused-ring (bicyclic) bond motifs is 1. The molecular formula is C20H30N5O8-. The van der Waals surface area contributed by atoms with E-state index in [1.807, 2.05) is 13.8 Å². The van der Waals surface area contributed by atoms with Crippen molar-refractivity contribution < 1.29 is 39.0 Å². The van der Waals surface area contributed by atoms with Gasteiger partial charge < -0.3 is 41.2 Å². The van der Waals surface area contributed by atoms with E-state index in [0.29, 0.717) is 0 Å². The highest BCUT2D eigenvalue weighted by Crippen LogP contribution is 2.21. The molecule has 184 valence electrons. The number of carboxylic acid groups (broad SMARTS) is 1. The van der Waals surface area contributed by atoms with Crippen LogP contribution < -0.4 is 26.4 Å². The lowest BCUT2D eigenvalue weighted by atomic mass is 10.0. The van der Waals surface area contributed by atoms with E-state index in [0.717, 1.165) is 0 Å². The van der Waals surface area contributed by atoms with Crippen LogP contribution in [0.5, 0.6) is 0 Å². The van der Waals surface area contributed by atoms with Gasteiger partial charge in [0.2, 0.25) is 29.5 Å². The number of carbonyl (C=O) groups excluding carboxylic acids is 6. The van der Waals surface area contributed by atoms with E-state index in [9.17, 15) is 39.0 Å². The molecule has 2 rings (SSSR count). The molecule has 13 heteroatoms. The summed E-state index contributed by atoms with van der Waals surface area (Å²) in [5.74, 6) is -4.88. The van der Waals surface area contributed by atoms with Crippen LogP contribution in [0, 0.1) is 5.92 Å². The number of aliphatic hydroxyl groups excluding tert-OH is 1. The summed E-state index contributed by atoms with van der Waals surface area (Å²) < 4.78 is 0. The van der Waals surface area contributed by atoms with Crippen molar-refractivity contribution in [3.63, 3.8) is 0 Å². The van der Waals surface area contributed by atoms with Gasteiger partial charge in [0.1, 0.15) is 18.1 Å². The standard InChI is InChI=1S/C20H31N5O8/c1-10(2)5-13-20(33)25-9-11(26)6-14(25)19(32)22-8-15(27)23-12(3-4-17(29)30)18(31)21-7-16(28)24-13/h10-14,26H,3-9H2,1-2H3,(H,21,31)(H,22,32)(H,23,27)(H,24,28)(H,29,30)/p-1/t11-,12+,13+,14+/m1/s1. The highest BCUT2D eigenvalue weighted by molar-refractivity contribution is 5.96. The van der Waals surface area contributed by atoms with Gasteiger partial charge in [-0.25, -0.2) is 0 Å². The molecular weight excluding hydrogens is 438 g/mol. The van der Waals surface area contributed by atoms with Crippen LogP contribution in [0.15, 0.2) is 0 Å². The summed E-state index contributed by atoms with van der Waals surface area (Å²) in [5.41, 5.74) is 0. The van der Waals surface area contributed by atoms with E-state index in [1.165, 1.54) is 4.90 Å². The Morgan fingerprint density at radius 3 is 2.18 bits per heavy atom.